The van der Waals surface area contributed by atoms with Crippen molar-refractivity contribution in [2.75, 3.05) is 6.61 Å². The van der Waals surface area contributed by atoms with Crippen molar-refractivity contribution in [1.82, 2.24) is 0 Å². The Hall–Kier alpha value is -0.990. The molecule has 0 fully saturated rings. The topological polar surface area (TPSA) is 119 Å². The maximum atomic E-state index is 10.6. The normalized spacial score (nSPS) is 14.4. The van der Waals surface area contributed by atoms with E-state index in [1.54, 1.807) is 0 Å². The van der Waals surface area contributed by atoms with E-state index in [1.807, 2.05) is 0 Å². The maximum absolute atomic E-state index is 10.6. The van der Waals surface area contributed by atoms with Crippen molar-refractivity contribution in [2.24, 2.45) is 5.73 Å². The number of carbonyl (C=O) groups excluding carboxylic acids is 2. The predicted molar refractivity (Wildman–Crippen MR) is 39.6 cm³/mol. The maximum Gasteiger partial charge on any atom is 0.339 e. The smallest absolute Gasteiger partial charge is 0.339 e. The number of esters is 1. The third-order valence-electron chi connectivity index (χ3n) is 0.919. The molecule has 0 bridgehead atoms. The Morgan fingerprint density at radius 2 is 2.15 bits per heavy atom. The van der Waals surface area contributed by atoms with E-state index in [-0.39, 0.29) is 0 Å². The molecule has 76 valence electrons. The van der Waals surface area contributed by atoms with Crippen LogP contribution in [-0.4, -0.2) is 33.3 Å². The number of hydrogen-bond donors (Lipinski definition) is 1. The van der Waals surface area contributed by atoms with Gasteiger partial charge in [-0.15, -0.1) is 0 Å². The van der Waals surface area contributed by atoms with Gasteiger partial charge in [-0.25, -0.2) is 9.00 Å². The highest BCUT2D eigenvalue weighted by Gasteiger charge is 2.16. The quantitative estimate of drug-likeness (QED) is 0.430. The summed E-state index contributed by atoms with van der Waals surface area (Å²) in [4.78, 5) is 20.9. The Morgan fingerprint density at radius 3 is 2.54 bits per heavy atom. The van der Waals surface area contributed by atoms with Gasteiger partial charge in [-0.05, 0) is 0 Å². The highest BCUT2D eigenvalue weighted by Crippen LogP contribution is 1.90. The molecule has 0 amide bonds. The van der Waals surface area contributed by atoms with E-state index in [0.29, 0.717) is 0 Å². The molecule has 0 aliphatic carbocycles. The van der Waals surface area contributed by atoms with Gasteiger partial charge in [0.05, 0.1) is 0 Å². The summed E-state index contributed by atoms with van der Waals surface area (Å²) in [7, 11) is 0. The van der Waals surface area contributed by atoms with Crippen molar-refractivity contribution in [3.63, 3.8) is 0 Å². The summed E-state index contributed by atoms with van der Waals surface area (Å²) in [6, 6.07) is -1.29. The highest BCUT2D eigenvalue weighted by molar-refractivity contribution is 7.74. The molecule has 0 radical (unpaired) electrons. The second-order valence-electron chi connectivity index (χ2n) is 2.02. The van der Waals surface area contributed by atoms with Crippen LogP contribution < -0.4 is 5.73 Å². The lowest BCUT2D eigenvalue weighted by Crippen LogP contribution is -2.37. The first-order valence-electron chi connectivity index (χ1n) is 3.14. The molecule has 0 aromatic heterocycles. The van der Waals surface area contributed by atoms with Crippen LogP contribution in [0.15, 0.2) is 0 Å². The Balaban J connectivity index is 3.82. The second-order valence-corrected chi connectivity index (χ2v) is 2.59. The summed E-state index contributed by atoms with van der Waals surface area (Å²) >= 11 is -2.95. The van der Waals surface area contributed by atoms with Gasteiger partial charge in [0.2, 0.25) is 0 Å². The average molecular weight is 210 g/mol. The summed E-state index contributed by atoms with van der Waals surface area (Å²) in [6.07, 6.45) is 0. The molecule has 0 saturated carbocycles. The van der Waals surface area contributed by atoms with Gasteiger partial charge in [0.25, 0.3) is 0 Å². The third kappa shape index (κ3) is 6.20. The minimum atomic E-state index is -2.95. The Bertz CT molecular complexity index is 229. The number of nitrogens with two attached hydrogens (primary N) is 1. The van der Waals surface area contributed by atoms with E-state index in [9.17, 15) is 18.4 Å². The number of hydrogen-bond acceptors (Lipinski definition) is 7. The van der Waals surface area contributed by atoms with Crippen LogP contribution >= 0.6 is 0 Å². The van der Waals surface area contributed by atoms with Crippen LogP contribution in [0.25, 0.3) is 0 Å². The Kier molecular flexibility index (Phi) is 5.19. The fourth-order valence-electron chi connectivity index (χ4n) is 0.404. The predicted octanol–water partition coefficient (Wildman–Crippen LogP) is -1.79. The fourth-order valence-corrected chi connectivity index (χ4v) is 0.662. The largest absolute Gasteiger partial charge is 0.740 e. The molecule has 0 aromatic rings. The zero-order chi connectivity index (χ0) is 10.4. The van der Waals surface area contributed by atoms with Crippen LogP contribution in [-0.2, 0) is 29.9 Å². The summed E-state index contributed by atoms with van der Waals surface area (Å²) in [5, 5.41) is 0. The molecule has 0 aliphatic rings. The number of carbonyl (C=O) groups is 2. The number of ether oxygens (including phenoxy) is 1. The molecular weight excluding hydrogens is 202 g/mol. The molecule has 0 saturated heterocycles. The van der Waals surface area contributed by atoms with Gasteiger partial charge in [-0.2, -0.15) is 0 Å². The molecule has 2 atom stereocenters. The molecule has 2 N–H and O–H groups in total. The van der Waals surface area contributed by atoms with E-state index in [0.717, 1.165) is 6.92 Å². The first-order valence-corrected chi connectivity index (χ1v) is 4.14. The van der Waals surface area contributed by atoms with Crippen molar-refractivity contribution < 1.29 is 27.3 Å². The summed E-state index contributed by atoms with van der Waals surface area (Å²) in [6.45, 7) is 0.717. The summed E-state index contributed by atoms with van der Waals surface area (Å²) < 4.78 is 27.7. The number of rotatable bonds is 4. The fraction of sp³-hybridized carbons (Fsp3) is 0.600. The van der Waals surface area contributed by atoms with Gasteiger partial charge in [-0.3, -0.25) is 4.79 Å². The van der Waals surface area contributed by atoms with Crippen LogP contribution in [0.1, 0.15) is 6.92 Å². The van der Waals surface area contributed by atoms with Crippen molar-refractivity contribution in [1.29, 1.82) is 0 Å². The van der Waals surface area contributed by atoms with Gasteiger partial charge in [0.15, 0.2) is 0 Å². The Morgan fingerprint density at radius 1 is 1.62 bits per heavy atom. The highest BCUT2D eigenvalue weighted by atomic mass is 32.2. The minimum Gasteiger partial charge on any atom is -0.740 e. The molecule has 1 unspecified atom stereocenters. The van der Waals surface area contributed by atoms with E-state index in [2.05, 4.69) is 8.92 Å². The molecule has 8 heteroatoms. The molecular formula is C5H8NO6S-. The monoisotopic (exact) mass is 210 g/mol. The first-order chi connectivity index (χ1) is 5.93. The van der Waals surface area contributed by atoms with Crippen LogP contribution in [0, 0.1) is 0 Å². The van der Waals surface area contributed by atoms with E-state index in [4.69, 9.17) is 5.73 Å². The molecule has 0 spiro atoms. The summed E-state index contributed by atoms with van der Waals surface area (Å²) in [5.74, 6) is -1.79. The van der Waals surface area contributed by atoms with Crippen LogP contribution in [0.2, 0.25) is 0 Å². The molecule has 0 aliphatic heterocycles. The zero-order valence-corrected chi connectivity index (χ0v) is 7.54. The van der Waals surface area contributed by atoms with E-state index >= 15 is 0 Å². The Labute approximate surface area is 76.7 Å². The van der Waals surface area contributed by atoms with Crippen molar-refractivity contribution in [3.05, 3.63) is 0 Å². The second kappa shape index (κ2) is 5.62. The molecule has 13 heavy (non-hydrogen) atoms. The van der Waals surface area contributed by atoms with Gasteiger partial charge in [-0.1, -0.05) is 0 Å². The lowest BCUT2D eigenvalue weighted by Gasteiger charge is -2.11. The molecule has 0 heterocycles. The summed E-state index contributed by atoms with van der Waals surface area (Å²) in [5.41, 5.74) is 5.09. The average Bonchev–Trinajstić information content (AvgIpc) is 1.98. The third-order valence-corrected chi connectivity index (χ3v) is 1.22. The molecule has 0 rings (SSSR count). The lowest BCUT2D eigenvalue weighted by atomic mass is 10.3. The van der Waals surface area contributed by atoms with Gasteiger partial charge >= 0.3 is 11.9 Å². The van der Waals surface area contributed by atoms with Crippen molar-refractivity contribution >= 4 is 23.3 Å². The first kappa shape index (κ1) is 12.0. The van der Waals surface area contributed by atoms with Crippen LogP contribution in [0.3, 0.4) is 0 Å². The minimum absolute atomic E-state index is 0.411. The van der Waals surface area contributed by atoms with Gasteiger partial charge in [0, 0.05) is 6.92 Å². The van der Waals surface area contributed by atoms with Crippen LogP contribution in [0.5, 0.6) is 0 Å². The SMILES string of the molecule is CC(=O)OC[C@H](N)C(=O)OS(=O)[O-]. The standard InChI is InChI=1S/C5H9NO6S/c1-3(7)11-2-4(6)5(8)12-13(9)10/h4H,2,6H2,1H3,(H,9,10)/p-1/t4-/m0/s1. The van der Waals surface area contributed by atoms with E-state index < -0.39 is 35.9 Å². The van der Waals surface area contributed by atoms with Crippen LogP contribution in [0.4, 0.5) is 0 Å². The zero-order valence-electron chi connectivity index (χ0n) is 6.72. The molecule has 7 nitrogen and oxygen atoms in total. The lowest BCUT2D eigenvalue weighted by molar-refractivity contribution is -0.144. The van der Waals surface area contributed by atoms with Gasteiger partial charge < -0.3 is 19.2 Å². The molecule has 0 aromatic carbocycles. The van der Waals surface area contributed by atoms with Crippen molar-refractivity contribution in [3.8, 4) is 0 Å². The van der Waals surface area contributed by atoms with Crippen molar-refractivity contribution in [2.45, 2.75) is 13.0 Å². The van der Waals surface area contributed by atoms with E-state index in [1.165, 1.54) is 0 Å². The van der Waals surface area contributed by atoms with Gasteiger partial charge in [0.1, 0.15) is 24.0 Å².